The van der Waals surface area contributed by atoms with Gasteiger partial charge in [0, 0.05) is 18.3 Å². The summed E-state index contributed by atoms with van der Waals surface area (Å²) in [5.74, 6) is -0.665. The first-order valence-electron chi connectivity index (χ1n) is 7.03. The van der Waals surface area contributed by atoms with E-state index < -0.39 is 10.8 Å². The third-order valence-electron chi connectivity index (χ3n) is 3.53. The molecule has 1 aliphatic carbocycles. The van der Waals surface area contributed by atoms with E-state index in [4.69, 9.17) is 5.26 Å². The molecule has 0 spiro atoms. The monoisotopic (exact) mass is 300 g/mol. The highest BCUT2D eigenvalue weighted by Crippen LogP contribution is 2.23. The van der Waals surface area contributed by atoms with Gasteiger partial charge in [0.2, 0.25) is 0 Å². The molecule has 1 aromatic rings. The lowest BCUT2D eigenvalue weighted by Gasteiger charge is -2.09. The van der Waals surface area contributed by atoms with Crippen LogP contribution >= 0.6 is 0 Å². The van der Waals surface area contributed by atoms with Crippen LogP contribution in [0.1, 0.15) is 25.7 Å². The Balaban J connectivity index is 2.08. The van der Waals surface area contributed by atoms with E-state index in [9.17, 15) is 14.9 Å². The van der Waals surface area contributed by atoms with Crippen molar-refractivity contribution in [3.05, 3.63) is 46.2 Å². The molecule has 0 aliphatic heterocycles. The summed E-state index contributed by atoms with van der Waals surface area (Å²) in [5.41, 5.74) is -0.249. The number of carbonyl (C=O) groups excluding carboxylic acids is 1. The molecule has 0 radical (unpaired) electrons. The number of rotatable bonds is 5. The van der Waals surface area contributed by atoms with Crippen molar-refractivity contribution >= 4 is 17.3 Å². The number of hydrogen-bond donors (Lipinski definition) is 2. The van der Waals surface area contributed by atoms with Gasteiger partial charge in [-0.2, -0.15) is 5.26 Å². The van der Waals surface area contributed by atoms with Gasteiger partial charge in [0.15, 0.2) is 0 Å². The molecule has 0 saturated heterocycles. The van der Waals surface area contributed by atoms with Crippen LogP contribution in [0, 0.1) is 21.4 Å². The maximum Gasteiger partial charge on any atom is 0.292 e. The Morgan fingerprint density at radius 1 is 1.36 bits per heavy atom. The molecule has 1 aliphatic rings. The van der Waals surface area contributed by atoms with Crippen LogP contribution in [0.5, 0.6) is 0 Å². The number of carbonyl (C=O) groups is 1. The van der Waals surface area contributed by atoms with E-state index in [1.807, 2.05) is 6.07 Å². The average molecular weight is 300 g/mol. The van der Waals surface area contributed by atoms with E-state index in [0.29, 0.717) is 0 Å². The van der Waals surface area contributed by atoms with E-state index in [1.54, 1.807) is 6.07 Å². The standard InChI is InChI=1S/C15H16N4O3/c16-9-11(10-17-12-5-1-2-6-12)15(20)18-13-7-3-4-8-14(13)19(21)22/h3-4,7-8,10,12,17H,1-2,5-6H2,(H,18,20)/b11-10-. The second kappa shape index (κ2) is 7.22. The molecule has 22 heavy (non-hydrogen) atoms. The number of hydrogen-bond acceptors (Lipinski definition) is 5. The molecule has 1 amide bonds. The van der Waals surface area contributed by atoms with Crippen molar-refractivity contribution in [2.24, 2.45) is 0 Å². The Hall–Kier alpha value is -2.88. The van der Waals surface area contributed by atoms with Crippen LogP contribution in [0.2, 0.25) is 0 Å². The highest BCUT2D eigenvalue weighted by molar-refractivity contribution is 6.07. The Bertz CT molecular complexity index is 642. The lowest BCUT2D eigenvalue weighted by molar-refractivity contribution is -0.383. The predicted octanol–water partition coefficient (Wildman–Crippen LogP) is 2.47. The summed E-state index contributed by atoms with van der Waals surface area (Å²) in [6.45, 7) is 0. The Labute approximate surface area is 127 Å². The van der Waals surface area contributed by atoms with Crippen LogP contribution < -0.4 is 10.6 Å². The first kappa shape index (κ1) is 15.5. The molecule has 2 rings (SSSR count). The topological polar surface area (TPSA) is 108 Å². The van der Waals surface area contributed by atoms with Crippen molar-refractivity contribution in [1.29, 1.82) is 5.26 Å². The number of nitriles is 1. The zero-order valence-electron chi connectivity index (χ0n) is 11.9. The zero-order chi connectivity index (χ0) is 15.9. The lowest BCUT2D eigenvalue weighted by Crippen LogP contribution is -2.23. The fraction of sp³-hybridized carbons (Fsp3) is 0.333. The van der Waals surface area contributed by atoms with Gasteiger partial charge in [-0.3, -0.25) is 14.9 Å². The predicted molar refractivity (Wildman–Crippen MR) is 80.8 cm³/mol. The van der Waals surface area contributed by atoms with Crippen LogP contribution in [0.3, 0.4) is 0 Å². The number of nitrogens with zero attached hydrogens (tertiary/aromatic N) is 2. The fourth-order valence-corrected chi connectivity index (χ4v) is 2.37. The Morgan fingerprint density at radius 2 is 2.05 bits per heavy atom. The molecule has 7 nitrogen and oxygen atoms in total. The van der Waals surface area contributed by atoms with E-state index >= 15 is 0 Å². The molecule has 0 heterocycles. The summed E-state index contributed by atoms with van der Waals surface area (Å²) in [6, 6.07) is 7.90. The molecule has 114 valence electrons. The number of anilines is 1. The molecule has 1 fully saturated rings. The van der Waals surface area contributed by atoms with Crippen LogP contribution in [-0.2, 0) is 4.79 Å². The summed E-state index contributed by atoms with van der Waals surface area (Å²) in [7, 11) is 0. The van der Waals surface area contributed by atoms with Crippen molar-refractivity contribution in [1.82, 2.24) is 5.32 Å². The summed E-state index contributed by atoms with van der Waals surface area (Å²) in [6.07, 6.45) is 5.69. The number of nitro groups is 1. The first-order chi connectivity index (χ1) is 10.6. The molecule has 2 N–H and O–H groups in total. The summed E-state index contributed by atoms with van der Waals surface area (Å²) in [4.78, 5) is 22.4. The third kappa shape index (κ3) is 3.82. The maximum absolute atomic E-state index is 12.1. The van der Waals surface area contributed by atoms with Crippen LogP contribution in [0.25, 0.3) is 0 Å². The largest absolute Gasteiger partial charge is 0.387 e. The van der Waals surface area contributed by atoms with Crippen molar-refractivity contribution in [3.8, 4) is 6.07 Å². The highest BCUT2D eigenvalue weighted by atomic mass is 16.6. The Morgan fingerprint density at radius 3 is 2.68 bits per heavy atom. The van der Waals surface area contributed by atoms with E-state index in [1.165, 1.54) is 24.4 Å². The minimum Gasteiger partial charge on any atom is -0.387 e. The molecule has 0 bridgehead atoms. The second-order valence-electron chi connectivity index (χ2n) is 5.05. The molecule has 0 aromatic heterocycles. The van der Waals surface area contributed by atoms with E-state index in [-0.39, 0.29) is 23.0 Å². The minimum absolute atomic E-state index is 0.0690. The summed E-state index contributed by atoms with van der Waals surface area (Å²) in [5, 5.41) is 25.4. The minimum atomic E-state index is -0.665. The van der Waals surface area contributed by atoms with Crippen LogP contribution in [-0.4, -0.2) is 16.9 Å². The van der Waals surface area contributed by atoms with Gasteiger partial charge in [0.25, 0.3) is 11.6 Å². The van der Waals surface area contributed by atoms with Gasteiger partial charge in [-0.25, -0.2) is 0 Å². The number of amides is 1. The molecule has 0 atom stereocenters. The molecular weight excluding hydrogens is 284 g/mol. The van der Waals surface area contributed by atoms with Crippen molar-refractivity contribution in [3.63, 3.8) is 0 Å². The molecule has 1 saturated carbocycles. The van der Waals surface area contributed by atoms with Gasteiger partial charge in [-0.15, -0.1) is 0 Å². The van der Waals surface area contributed by atoms with Crippen molar-refractivity contribution < 1.29 is 9.72 Å². The van der Waals surface area contributed by atoms with E-state index in [0.717, 1.165) is 25.7 Å². The number of nitrogens with one attached hydrogen (secondary N) is 2. The molecule has 0 unspecified atom stereocenters. The van der Waals surface area contributed by atoms with Gasteiger partial charge < -0.3 is 10.6 Å². The molecule has 1 aromatic carbocycles. The maximum atomic E-state index is 12.1. The highest BCUT2D eigenvalue weighted by Gasteiger charge is 2.18. The lowest BCUT2D eigenvalue weighted by atomic mass is 10.2. The number of nitro benzene ring substituents is 1. The normalized spacial score (nSPS) is 15.1. The van der Waals surface area contributed by atoms with Crippen LogP contribution in [0.4, 0.5) is 11.4 Å². The summed E-state index contributed by atoms with van der Waals surface area (Å²) < 4.78 is 0. The molecular formula is C15H16N4O3. The van der Waals surface area contributed by atoms with Gasteiger partial charge in [0.05, 0.1) is 4.92 Å². The quantitative estimate of drug-likeness (QED) is 0.376. The summed E-state index contributed by atoms with van der Waals surface area (Å²) >= 11 is 0. The van der Waals surface area contributed by atoms with Gasteiger partial charge in [-0.05, 0) is 18.9 Å². The number of para-hydroxylation sites is 2. The van der Waals surface area contributed by atoms with Gasteiger partial charge in [0.1, 0.15) is 17.3 Å². The zero-order valence-corrected chi connectivity index (χ0v) is 11.9. The smallest absolute Gasteiger partial charge is 0.292 e. The Kier molecular flexibility index (Phi) is 5.09. The van der Waals surface area contributed by atoms with Crippen molar-refractivity contribution in [2.45, 2.75) is 31.7 Å². The molecule has 7 heteroatoms. The average Bonchev–Trinajstić information content (AvgIpc) is 3.01. The second-order valence-corrected chi connectivity index (χ2v) is 5.05. The SMILES string of the molecule is N#C/C(=C/NC1CCCC1)C(=O)Nc1ccccc1[N+](=O)[O-]. The number of benzene rings is 1. The fourth-order valence-electron chi connectivity index (χ4n) is 2.37. The van der Waals surface area contributed by atoms with Crippen LogP contribution in [0.15, 0.2) is 36.0 Å². The van der Waals surface area contributed by atoms with Crippen molar-refractivity contribution in [2.75, 3.05) is 5.32 Å². The first-order valence-corrected chi connectivity index (χ1v) is 7.03. The third-order valence-corrected chi connectivity index (χ3v) is 3.53. The van der Waals surface area contributed by atoms with Gasteiger partial charge in [-0.1, -0.05) is 25.0 Å². The van der Waals surface area contributed by atoms with E-state index in [2.05, 4.69) is 10.6 Å². The van der Waals surface area contributed by atoms with Gasteiger partial charge >= 0.3 is 0 Å².